The molecule has 0 aliphatic carbocycles. The van der Waals surface area contributed by atoms with Gasteiger partial charge >= 0.3 is 47.6 Å². The molecule has 0 radical (unpaired) electrons. The second-order valence-corrected chi connectivity index (χ2v) is 20.9. The van der Waals surface area contributed by atoms with Gasteiger partial charge in [-0.1, -0.05) is 141 Å². The largest absolute Gasteiger partial charge is 1.00 e. The molecule has 77 heavy (non-hydrogen) atoms. The number of hydrogen-bond donors (Lipinski definition) is 7. The van der Waals surface area contributed by atoms with E-state index in [1.807, 2.05) is 0 Å². The molecule has 0 spiro atoms. The quantitative estimate of drug-likeness (QED) is 0.00874. The van der Waals surface area contributed by atoms with Crippen LogP contribution in [0.1, 0.15) is 194 Å². The Hall–Kier alpha value is -1.84. The van der Waals surface area contributed by atoms with Crippen LogP contribution in [0.2, 0.25) is 0 Å². The van der Waals surface area contributed by atoms with Crippen LogP contribution in [-0.2, 0) is 57.3 Å². The summed E-state index contributed by atoms with van der Waals surface area (Å²) in [7, 11) is -5.48. The molecule has 7 N–H and O–H groups in total. The molecule has 0 aromatic rings. The van der Waals surface area contributed by atoms with Crippen LogP contribution >= 0.6 is 0 Å². The van der Waals surface area contributed by atoms with Crippen molar-refractivity contribution in [2.45, 2.75) is 261 Å². The van der Waals surface area contributed by atoms with E-state index in [1.165, 1.54) is 77.0 Å². The number of unbranched alkanes of at least 4 members (excludes halogenated alkanes) is 22. The van der Waals surface area contributed by atoms with Gasteiger partial charge in [-0.2, -0.15) is 0 Å². The second-order valence-electron chi connectivity index (χ2n) is 19.8. The third-order valence-electron chi connectivity index (χ3n) is 13.2. The van der Waals surface area contributed by atoms with Crippen LogP contribution in [0.4, 0.5) is 4.79 Å². The Kier molecular flexibility index (Phi) is 43.5. The second kappa shape index (κ2) is 45.7. The third kappa shape index (κ3) is 34.3. The zero-order valence-corrected chi connectivity index (χ0v) is 49.3. The van der Waals surface area contributed by atoms with Gasteiger partial charge in [-0.25, -0.2) is 13.2 Å². The van der Waals surface area contributed by atoms with Gasteiger partial charge in [0.25, 0.3) is 0 Å². The molecule has 21 nitrogen and oxygen atoms in total. The van der Waals surface area contributed by atoms with E-state index in [0.717, 1.165) is 77.0 Å². The van der Waals surface area contributed by atoms with E-state index in [2.05, 4.69) is 47.7 Å². The number of alkyl carbamates (subject to hydrolysis) is 1. The van der Waals surface area contributed by atoms with E-state index < -0.39 is 109 Å². The Morgan fingerprint density at radius 3 is 1.44 bits per heavy atom. The Labute approximate surface area is 481 Å². The SMILES string of the molecule is CCCCCCCC/C=C\CCCCCCCC(=O)OCC(COC(=O)CCCCCCC/C=C\CCCCCCCC)OC(=O)NCCO[C@@H]1O[C@H](CO)[C@H](O[C@@H]2O[C@H](CO)[C@H](O)[C@H](OS(=O)(=O)[O-])[C@H]2O)[C@H](O)[C@H]1O.[Na+]. The smallest absolute Gasteiger partial charge is 0.726 e. The number of rotatable bonds is 45. The molecule has 2 heterocycles. The van der Waals surface area contributed by atoms with Gasteiger partial charge in [0.15, 0.2) is 18.7 Å². The maximum Gasteiger partial charge on any atom is 1.00 e. The van der Waals surface area contributed by atoms with Crippen molar-refractivity contribution in [2.24, 2.45) is 0 Å². The summed E-state index contributed by atoms with van der Waals surface area (Å²) in [6.07, 6.45) is 17.8. The number of hydrogen-bond acceptors (Lipinski definition) is 20. The Morgan fingerprint density at radius 1 is 0.571 bits per heavy atom. The van der Waals surface area contributed by atoms with Gasteiger partial charge < -0.3 is 73.7 Å². The number of aliphatic hydroxyl groups excluding tert-OH is 6. The fourth-order valence-corrected chi connectivity index (χ4v) is 9.26. The molecule has 2 fully saturated rings. The van der Waals surface area contributed by atoms with E-state index in [0.29, 0.717) is 12.8 Å². The number of ether oxygens (including phenoxy) is 7. The summed E-state index contributed by atoms with van der Waals surface area (Å²) in [6, 6.07) is 0. The first-order chi connectivity index (χ1) is 36.6. The minimum atomic E-state index is -5.48. The van der Waals surface area contributed by atoms with Crippen molar-refractivity contribution in [3.05, 3.63) is 24.3 Å². The predicted octanol–water partition coefficient (Wildman–Crippen LogP) is 3.37. The first-order valence-corrected chi connectivity index (χ1v) is 29.7. The molecule has 0 aromatic carbocycles. The summed E-state index contributed by atoms with van der Waals surface area (Å²) < 4.78 is 76.3. The minimum absolute atomic E-state index is 0. The van der Waals surface area contributed by atoms with Crippen molar-refractivity contribution in [1.29, 1.82) is 0 Å². The molecule has 0 saturated carbocycles. The van der Waals surface area contributed by atoms with Gasteiger partial charge in [0.1, 0.15) is 62.0 Å². The average molecular weight is 1130 g/mol. The molecule has 0 unspecified atom stereocenters. The number of allylic oxidation sites excluding steroid dienone is 4. The van der Waals surface area contributed by atoms with Gasteiger partial charge in [0.05, 0.1) is 19.8 Å². The van der Waals surface area contributed by atoms with Gasteiger partial charge in [-0.15, -0.1) is 0 Å². The fraction of sp³-hybridized carbons (Fsp3) is 0.870. The monoisotopic (exact) mass is 1130 g/mol. The molecule has 2 rings (SSSR count). The molecule has 10 atom stereocenters. The molecule has 23 heteroatoms. The van der Waals surface area contributed by atoms with Crippen LogP contribution in [0.3, 0.4) is 0 Å². The molecule has 444 valence electrons. The topological polar surface area (TPSA) is 316 Å². The van der Waals surface area contributed by atoms with E-state index >= 15 is 0 Å². The zero-order chi connectivity index (χ0) is 55.8. The van der Waals surface area contributed by atoms with Gasteiger partial charge in [0.2, 0.25) is 10.4 Å². The predicted molar refractivity (Wildman–Crippen MR) is 280 cm³/mol. The molecule has 0 bridgehead atoms. The summed E-state index contributed by atoms with van der Waals surface area (Å²) in [5, 5.41) is 64.8. The van der Waals surface area contributed by atoms with E-state index in [-0.39, 0.29) is 68.8 Å². The summed E-state index contributed by atoms with van der Waals surface area (Å²) in [5.74, 6) is -0.963. The number of aliphatic hydroxyl groups is 6. The van der Waals surface area contributed by atoms with Crippen molar-refractivity contribution in [1.82, 2.24) is 5.32 Å². The molecule has 0 aromatic heterocycles. The van der Waals surface area contributed by atoms with Crippen LogP contribution in [0.5, 0.6) is 0 Å². The number of amides is 1. The molecular formula is C54H96NNaO20S. The maximum atomic E-state index is 12.9. The first kappa shape index (κ1) is 73.2. The maximum absolute atomic E-state index is 12.9. The van der Waals surface area contributed by atoms with Crippen molar-refractivity contribution >= 4 is 28.4 Å². The average Bonchev–Trinajstić information content (AvgIpc) is 3.39. The zero-order valence-electron chi connectivity index (χ0n) is 46.5. The summed E-state index contributed by atoms with van der Waals surface area (Å²) in [4.78, 5) is 38.3. The van der Waals surface area contributed by atoms with Crippen LogP contribution in [-0.4, -0.2) is 169 Å². The number of carbonyl (C=O) groups excluding carboxylic acids is 3. The van der Waals surface area contributed by atoms with Crippen molar-refractivity contribution in [3.8, 4) is 0 Å². The summed E-state index contributed by atoms with van der Waals surface area (Å²) in [6.45, 7) is 1.30. The van der Waals surface area contributed by atoms with Gasteiger partial charge in [0, 0.05) is 19.4 Å². The van der Waals surface area contributed by atoms with Crippen molar-refractivity contribution < 1.29 is 125 Å². The van der Waals surface area contributed by atoms with Crippen LogP contribution in [0.15, 0.2) is 24.3 Å². The molecule has 1 amide bonds. The van der Waals surface area contributed by atoms with E-state index in [4.69, 9.17) is 33.2 Å². The Balaban J connectivity index is 0.0000296. The molecular weight excluding hydrogens is 1040 g/mol. The summed E-state index contributed by atoms with van der Waals surface area (Å²) >= 11 is 0. The number of nitrogens with one attached hydrogen (secondary N) is 1. The van der Waals surface area contributed by atoms with Crippen molar-refractivity contribution in [2.75, 3.05) is 39.6 Å². The Bertz CT molecular complexity index is 1620. The van der Waals surface area contributed by atoms with E-state index in [9.17, 15) is 58.0 Å². The van der Waals surface area contributed by atoms with Gasteiger partial charge in [-0.05, 0) is 64.2 Å². The molecule has 2 aliphatic rings. The minimum Gasteiger partial charge on any atom is -0.726 e. The van der Waals surface area contributed by atoms with E-state index in [1.54, 1.807) is 0 Å². The fourth-order valence-electron chi connectivity index (χ4n) is 8.76. The summed E-state index contributed by atoms with van der Waals surface area (Å²) in [5.41, 5.74) is 0. The van der Waals surface area contributed by atoms with Crippen molar-refractivity contribution in [3.63, 3.8) is 0 Å². The molecule has 2 aliphatic heterocycles. The number of esters is 2. The van der Waals surface area contributed by atoms with Crippen LogP contribution in [0, 0.1) is 0 Å². The first-order valence-electron chi connectivity index (χ1n) is 28.4. The van der Waals surface area contributed by atoms with Gasteiger partial charge in [-0.3, -0.25) is 13.8 Å². The molecule has 2 saturated heterocycles. The standard InChI is InChI=1S/C54H97NO20S.Na/c1-3-5-7-9-11-13-15-17-19-21-23-25-27-29-31-33-44(58)69-39-41(40-70-45(59)34-32-30-28-26-24-22-20-18-16-14-12-10-8-6-4-2)71-54(64)55-35-36-68-52-48(62)47(61)50(43(38-57)73-52)74-53-49(63)51(75-76(65,66)67)46(60)42(37-56)72-53;/h17-20,41-43,46-53,56-57,60-63H,3-16,21-40H2,1-2H3,(H,55,64)(H,65,66,67);/q;+1/p-1/b19-17-,20-18-;/t42-,43-,46+,47-,48-,49-,50+,51+,52-,53+;/m1./s1. The van der Waals surface area contributed by atoms with Crippen LogP contribution < -0.4 is 34.9 Å². The third-order valence-corrected chi connectivity index (χ3v) is 13.7. The Morgan fingerprint density at radius 2 is 1.00 bits per heavy atom. The van der Waals surface area contributed by atoms with Crippen LogP contribution in [0.25, 0.3) is 0 Å². The number of carbonyl (C=O) groups is 3. The normalized spacial score (nSPS) is 23.8.